The van der Waals surface area contributed by atoms with Crippen molar-refractivity contribution in [2.24, 2.45) is 0 Å². The summed E-state index contributed by atoms with van der Waals surface area (Å²) in [6.45, 7) is 3.10. The van der Waals surface area contributed by atoms with Gasteiger partial charge in [-0.3, -0.25) is 9.88 Å². The minimum absolute atomic E-state index is 0.318. The molecule has 0 aliphatic carbocycles. The van der Waals surface area contributed by atoms with Crippen molar-refractivity contribution in [1.29, 1.82) is 0 Å². The predicted octanol–water partition coefficient (Wildman–Crippen LogP) is 3.05. The lowest BCUT2D eigenvalue weighted by Crippen LogP contribution is -2.35. The van der Waals surface area contributed by atoms with Crippen molar-refractivity contribution in [3.05, 3.63) is 28.5 Å². The monoisotopic (exact) mass is 288 g/mol. The van der Waals surface area contributed by atoms with Crippen LogP contribution in [0.5, 0.6) is 0 Å². The van der Waals surface area contributed by atoms with Crippen LogP contribution in [0.3, 0.4) is 0 Å². The number of aromatic nitrogens is 1. The van der Waals surface area contributed by atoms with E-state index in [1.54, 1.807) is 0 Å². The van der Waals surface area contributed by atoms with Gasteiger partial charge in [-0.05, 0) is 46.9 Å². The van der Waals surface area contributed by atoms with Gasteiger partial charge in [-0.15, -0.1) is 11.6 Å². The molecule has 2 heterocycles. The second-order valence-electron chi connectivity index (χ2n) is 3.99. The quantitative estimate of drug-likeness (QED) is 0.778. The van der Waals surface area contributed by atoms with Crippen molar-refractivity contribution < 1.29 is 0 Å². The van der Waals surface area contributed by atoms with Crippen LogP contribution in [0.4, 0.5) is 0 Å². The SMILES string of the molecule is ClC1CCCN(Cc2cncc(Br)c2)C1. The third-order valence-corrected chi connectivity index (χ3v) is 3.41. The average Bonchev–Trinajstić information content (AvgIpc) is 2.17. The molecule has 1 atom stereocenters. The number of hydrogen-bond acceptors (Lipinski definition) is 2. The average molecular weight is 290 g/mol. The molecule has 1 aliphatic rings. The third-order valence-electron chi connectivity index (χ3n) is 2.62. The number of likely N-dealkylation sites (tertiary alicyclic amines) is 1. The molecular weight excluding hydrogens is 275 g/mol. The van der Waals surface area contributed by atoms with Gasteiger partial charge in [0.15, 0.2) is 0 Å². The van der Waals surface area contributed by atoms with E-state index in [1.807, 2.05) is 12.4 Å². The lowest BCUT2D eigenvalue weighted by Gasteiger charge is -2.29. The van der Waals surface area contributed by atoms with Crippen LogP contribution in [0.25, 0.3) is 0 Å². The maximum Gasteiger partial charge on any atom is 0.0463 e. The van der Waals surface area contributed by atoms with Gasteiger partial charge < -0.3 is 0 Å². The van der Waals surface area contributed by atoms with Crippen LogP contribution in [0, 0.1) is 0 Å². The molecule has 0 amide bonds. The van der Waals surface area contributed by atoms with E-state index in [9.17, 15) is 0 Å². The van der Waals surface area contributed by atoms with E-state index in [1.165, 1.54) is 12.0 Å². The van der Waals surface area contributed by atoms with Crippen molar-refractivity contribution in [2.75, 3.05) is 13.1 Å². The fraction of sp³-hybridized carbons (Fsp3) is 0.545. The Kier molecular flexibility index (Phi) is 4.00. The standard InChI is InChI=1S/C11H14BrClN2/c12-10-4-9(5-14-6-10)7-15-3-1-2-11(13)8-15/h4-6,11H,1-3,7-8H2. The summed E-state index contributed by atoms with van der Waals surface area (Å²) in [5.74, 6) is 0. The molecule has 82 valence electrons. The Hall–Kier alpha value is -0.120. The molecule has 0 aromatic carbocycles. The van der Waals surface area contributed by atoms with Gasteiger partial charge in [0, 0.05) is 35.3 Å². The van der Waals surface area contributed by atoms with Crippen LogP contribution in [0.2, 0.25) is 0 Å². The molecule has 1 aromatic rings. The molecule has 1 saturated heterocycles. The van der Waals surface area contributed by atoms with Gasteiger partial charge in [0.2, 0.25) is 0 Å². The first-order valence-corrected chi connectivity index (χ1v) is 6.43. The van der Waals surface area contributed by atoms with Crippen LogP contribution in [0.1, 0.15) is 18.4 Å². The first-order valence-electron chi connectivity index (χ1n) is 5.20. The van der Waals surface area contributed by atoms with Crippen molar-refractivity contribution in [3.63, 3.8) is 0 Å². The maximum absolute atomic E-state index is 6.14. The zero-order valence-corrected chi connectivity index (χ0v) is 10.8. The second-order valence-corrected chi connectivity index (χ2v) is 5.52. The number of rotatable bonds is 2. The Morgan fingerprint density at radius 2 is 2.40 bits per heavy atom. The number of nitrogens with zero attached hydrogens (tertiary/aromatic N) is 2. The van der Waals surface area contributed by atoms with E-state index in [2.05, 4.69) is 31.9 Å². The van der Waals surface area contributed by atoms with Crippen LogP contribution < -0.4 is 0 Å². The summed E-state index contributed by atoms with van der Waals surface area (Å²) in [5, 5.41) is 0.318. The number of halogens is 2. The molecule has 1 aromatic heterocycles. The maximum atomic E-state index is 6.14. The van der Waals surface area contributed by atoms with Gasteiger partial charge in [0.25, 0.3) is 0 Å². The van der Waals surface area contributed by atoms with E-state index >= 15 is 0 Å². The Morgan fingerprint density at radius 3 is 3.13 bits per heavy atom. The van der Waals surface area contributed by atoms with Crippen molar-refractivity contribution >= 4 is 27.5 Å². The molecule has 1 unspecified atom stereocenters. The highest BCUT2D eigenvalue weighted by Gasteiger charge is 2.17. The van der Waals surface area contributed by atoms with Gasteiger partial charge in [0.05, 0.1) is 0 Å². The fourth-order valence-corrected chi connectivity index (χ4v) is 2.70. The van der Waals surface area contributed by atoms with Gasteiger partial charge in [-0.2, -0.15) is 0 Å². The molecule has 4 heteroatoms. The molecule has 0 spiro atoms. The first-order chi connectivity index (χ1) is 7.24. The molecule has 15 heavy (non-hydrogen) atoms. The van der Waals surface area contributed by atoms with Gasteiger partial charge in [-0.25, -0.2) is 0 Å². The predicted molar refractivity (Wildman–Crippen MR) is 66.1 cm³/mol. The normalized spacial score (nSPS) is 22.9. The molecular formula is C11H14BrClN2. The fourth-order valence-electron chi connectivity index (χ4n) is 1.94. The van der Waals surface area contributed by atoms with E-state index in [0.29, 0.717) is 5.38 Å². The van der Waals surface area contributed by atoms with Crippen LogP contribution >= 0.6 is 27.5 Å². The molecule has 1 fully saturated rings. The van der Waals surface area contributed by atoms with Crippen LogP contribution in [0.15, 0.2) is 22.9 Å². The van der Waals surface area contributed by atoms with Crippen LogP contribution in [-0.2, 0) is 6.54 Å². The molecule has 2 rings (SSSR count). The second kappa shape index (κ2) is 5.28. The zero-order chi connectivity index (χ0) is 10.7. The molecule has 1 aliphatic heterocycles. The Labute approximate surface area is 104 Å². The molecule has 0 N–H and O–H groups in total. The molecule has 2 nitrogen and oxygen atoms in total. The highest BCUT2D eigenvalue weighted by atomic mass is 79.9. The van der Waals surface area contributed by atoms with E-state index in [4.69, 9.17) is 11.6 Å². The van der Waals surface area contributed by atoms with E-state index < -0.39 is 0 Å². The minimum Gasteiger partial charge on any atom is -0.298 e. The highest BCUT2D eigenvalue weighted by molar-refractivity contribution is 9.10. The third kappa shape index (κ3) is 3.44. The minimum atomic E-state index is 0.318. The Balaban J connectivity index is 1.96. The number of piperidine rings is 1. The summed E-state index contributed by atoms with van der Waals surface area (Å²) in [6, 6.07) is 2.12. The summed E-state index contributed by atoms with van der Waals surface area (Å²) in [6.07, 6.45) is 6.08. The number of pyridine rings is 1. The van der Waals surface area contributed by atoms with Crippen LogP contribution in [-0.4, -0.2) is 28.4 Å². The summed E-state index contributed by atoms with van der Waals surface area (Å²) in [5.41, 5.74) is 1.25. The highest BCUT2D eigenvalue weighted by Crippen LogP contribution is 2.18. The summed E-state index contributed by atoms with van der Waals surface area (Å²) >= 11 is 9.57. The van der Waals surface area contributed by atoms with Gasteiger partial charge >= 0.3 is 0 Å². The topological polar surface area (TPSA) is 16.1 Å². The number of alkyl halides is 1. The Morgan fingerprint density at radius 1 is 1.53 bits per heavy atom. The van der Waals surface area contributed by atoms with E-state index in [0.717, 1.165) is 30.5 Å². The summed E-state index contributed by atoms with van der Waals surface area (Å²) < 4.78 is 1.04. The smallest absolute Gasteiger partial charge is 0.0463 e. The van der Waals surface area contributed by atoms with Crippen molar-refractivity contribution in [3.8, 4) is 0 Å². The Bertz CT molecular complexity index is 332. The number of hydrogen-bond donors (Lipinski definition) is 0. The van der Waals surface area contributed by atoms with Crippen molar-refractivity contribution in [2.45, 2.75) is 24.8 Å². The van der Waals surface area contributed by atoms with Gasteiger partial charge in [0.1, 0.15) is 0 Å². The molecule has 0 bridgehead atoms. The molecule has 0 saturated carbocycles. The van der Waals surface area contributed by atoms with Crippen molar-refractivity contribution in [1.82, 2.24) is 9.88 Å². The van der Waals surface area contributed by atoms with E-state index in [-0.39, 0.29) is 0 Å². The lowest BCUT2D eigenvalue weighted by molar-refractivity contribution is 0.224. The first kappa shape index (κ1) is 11.4. The van der Waals surface area contributed by atoms with Gasteiger partial charge in [-0.1, -0.05) is 0 Å². The summed E-state index contributed by atoms with van der Waals surface area (Å²) in [7, 11) is 0. The molecule has 0 radical (unpaired) electrons. The zero-order valence-electron chi connectivity index (χ0n) is 8.50. The summed E-state index contributed by atoms with van der Waals surface area (Å²) in [4.78, 5) is 6.56. The lowest BCUT2D eigenvalue weighted by atomic mass is 10.1. The largest absolute Gasteiger partial charge is 0.298 e.